The molecule has 0 atom stereocenters. The maximum absolute atomic E-state index is 12.6. The van der Waals surface area contributed by atoms with Crippen LogP contribution in [0.5, 0.6) is 0 Å². The van der Waals surface area contributed by atoms with E-state index < -0.39 is 0 Å². The Kier molecular flexibility index (Phi) is 4.39. The number of ether oxygens (including phenoxy) is 1. The lowest BCUT2D eigenvalue weighted by Crippen LogP contribution is -2.44. The van der Waals surface area contributed by atoms with E-state index in [0.717, 1.165) is 41.0 Å². The molecule has 0 bridgehead atoms. The number of hydrogen-bond donors (Lipinski definition) is 1. The molecule has 1 aliphatic rings. The van der Waals surface area contributed by atoms with E-state index in [2.05, 4.69) is 28.9 Å². The van der Waals surface area contributed by atoms with E-state index in [-0.39, 0.29) is 11.3 Å². The van der Waals surface area contributed by atoms with Crippen molar-refractivity contribution in [2.75, 3.05) is 19.8 Å². The molecule has 1 saturated heterocycles. The monoisotopic (exact) mass is 357 g/mol. The fraction of sp³-hybridized carbons (Fsp3) is 0.316. The second kappa shape index (κ2) is 6.67. The van der Waals surface area contributed by atoms with Crippen molar-refractivity contribution in [1.82, 2.24) is 5.32 Å². The number of rotatable bonds is 4. The fourth-order valence-electron chi connectivity index (χ4n) is 3.28. The zero-order valence-electron chi connectivity index (χ0n) is 13.3. The van der Waals surface area contributed by atoms with Crippen LogP contribution in [-0.4, -0.2) is 25.7 Å². The Morgan fingerprint density at radius 1 is 1.17 bits per heavy atom. The van der Waals surface area contributed by atoms with Crippen LogP contribution >= 0.6 is 22.7 Å². The van der Waals surface area contributed by atoms with Crippen LogP contribution in [0.1, 0.15) is 27.4 Å². The molecule has 0 aliphatic carbocycles. The van der Waals surface area contributed by atoms with Crippen LogP contribution in [0, 0.1) is 0 Å². The van der Waals surface area contributed by atoms with Gasteiger partial charge in [-0.25, -0.2) is 0 Å². The van der Waals surface area contributed by atoms with Crippen molar-refractivity contribution in [2.24, 2.45) is 0 Å². The first-order valence-electron chi connectivity index (χ1n) is 8.15. The van der Waals surface area contributed by atoms with E-state index in [4.69, 9.17) is 4.74 Å². The van der Waals surface area contributed by atoms with Gasteiger partial charge >= 0.3 is 0 Å². The second-order valence-electron chi connectivity index (χ2n) is 6.20. The first-order chi connectivity index (χ1) is 11.8. The molecule has 1 fully saturated rings. The van der Waals surface area contributed by atoms with Crippen molar-refractivity contribution >= 4 is 38.7 Å². The molecule has 24 heavy (non-hydrogen) atoms. The first kappa shape index (κ1) is 15.8. The molecule has 4 rings (SSSR count). The lowest BCUT2D eigenvalue weighted by Gasteiger charge is -2.36. The number of fused-ring (bicyclic) bond motifs is 1. The minimum Gasteiger partial charge on any atom is -0.381 e. The van der Waals surface area contributed by atoms with Crippen LogP contribution in [0.15, 0.2) is 47.8 Å². The lowest BCUT2D eigenvalue weighted by atomic mass is 9.78. The molecule has 0 unspecified atom stereocenters. The normalized spacial score (nSPS) is 17.0. The third kappa shape index (κ3) is 2.99. The quantitative estimate of drug-likeness (QED) is 0.749. The van der Waals surface area contributed by atoms with Crippen LogP contribution in [0.3, 0.4) is 0 Å². The average Bonchev–Trinajstić information content (AvgIpc) is 3.30. The summed E-state index contributed by atoms with van der Waals surface area (Å²) < 4.78 is 6.70. The zero-order chi connectivity index (χ0) is 16.4. The van der Waals surface area contributed by atoms with Gasteiger partial charge in [-0.05, 0) is 41.8 Å². The summed E-state index contributed by atoms with van der Waals surface area (Å²) in [5.74, 6) is 0.0265. The molecule has 0 radical (unpaired) electrons. The summed E-state index contributed by atoms with van der Waals surface area (Å²) in [6.07, 6.45) is 1.92. The van der Waals surface area contributed by atoms with Crippen molar-refractivity contribution in [2.45, 2.75) is 18.3 Å². The highest BCUT2D eigenvalue weighted by Crippen LogP contribution is 2.37. The first-order valence-corrected chi connectivity index (χ1v) is 9.85. The molecule has 5 heteroatoms. The number of thiophene rings is 2. The molecular weight excluding hydrogens is 338 g/mol. The summed E-state index contributed by atoms with van der Waals surface area (Å²) in [6.45, 7) is 2.19. The maximum atomic E-state index is 12.6. The molecule has 2 aromatic heterocycles. The van der Waals surface area contributed by atoms with Gasteiger partial charge in [-0.3, -0.25) is 4.79 Å². The van der Waals surface area contributed by atoms with E-state index in [1.54, 1.807) is 22.7 Å². The van der Waals surface area contributed by atoms with Crippen LogP contribution in [-0.2, 0) is 10.2 Å². The largest absolute Gasteiger partial charge is 0.381 e. The molecule has 3 aromatic rings. The minimum absolute atomic E-state index is 0.0127. The highest BCUT2D eigenvalue weighted by atomic mass is 32.1. The number of carbonyl (C=O) groups is 1. The number of hydrogen-bond acceptors (Lipinski definition) is 4. The van der Waals surface area contributed by atoms with Crippen LogP contribution in [0.4, 0.5) is 0 Å². The molecule has 1 aromatic carbocycles. The van der Waals surface area contributed by atoms with Crippen molar-refractivity contribution < 1.29 is 9.53 Å². The number of nitrogens with one attached hydrogen (secondary N) is 1. The van der Waals surface area contributed by atoms with Gasteiger partial charge in [0.15, 0.2) is 0 Å². The third-order valence-electron chi connectivity index (χ3n) is 4.73. The smallest absolute Gasteiger partial charge is 0.261 e. The average molecular weight is 358 g/mol. The number of benzene rings is 1. The third-order valence-corrected chi connectivity index (χ3v) is 6.96. The van der Waals surface area contributed by atoms with E-state index >= 15 is 0 Å². The molecule has 1 N–H and O–H groups in total. The Balaban J connectivity index is 1.52. The zero-order valence-corrected chi connectivity index (χ0v) is 14.9. The molecule has 0 spiro atoms. The number of carbonyl (C=O) groups excluding carboxylic acids is 1. The van der Waals surface area contributed by atoms with E-state index in [1.807, 2.05) is 24.3 Å². The van der Waals surface area contributed by atoms with Gasteiger partial charge in [0, 0.05) is 34.8 Å². The van der Waals surface area contributed by atoms with E-state index in [1.165, 1.54) is 4.88 Å². The fourth-order valence-corrected chi connectivity index (χ4v) is 5.25. The van der Waals surface area contributed by atoms with Crippen LogP contribution in [0.25, 0.3) is 10.1 Å². The number of amides is 1. The summed E-state index contributed by atoms with van der Waals surface area (Å²) in [7, 11) is 0. The summed E-state index contributed by atoms with van der Waals surface area (Å²) in [5.41, 5.74) is 0.0127. The molecular formula is C19H19NO2S2. The highest BCUT2D eigenvalue weighted by molar-refractivity contribution is 7.20. The standard InChI is InChI=1S/C19H19NO2S2/c21-18(16-12-14-4-1-2-5-15(14)24-16)20-13-19(7-9-22-10-8-19)17-6-3-11-23-17/h1-6,11-12H,7-10,13H2,(H,20,21). The topological polar surface area (TPSA) is 38.3 Å². The van der Waals surface area contributed by atoms with Gasteiger partial charge in [0.25, 0.3) is 5.91 Å². The second-order valence-corrected chi connectivity index (χ2v) is 8.23. The van der Waals surface area contributed by atoms with Gasteiger partial charge in [0.1, 0.15) is 0 Å². The summed E-state index contributed by atoms with van der Waals surface area (Å²) in [5, 5.41) is 6.42. The molecule has 124 valence electrons. The van der Waals surface area contributed by atoms with E-state index in [0.29, 0.717) is 6.54 Å². The van der Waals surface area contributed by atoms with Crippen LogP contribution < -0.4 is 5.32 Å². The SMILES string of the molecule is O=C(NCC1(c2cccs2)CCOCC1)c1cc2ccccc2s1. The molecule has 3 heterocycles. The Morgan fingerprint density at radius 2 is 2.00 bits per heavy atom. The summed E-state index contributed by atoms with van der Waals surface area (Å²) >= 11 is 3.33. The summed E-state index contributed by atoms with van der Waals surface area (Å²) in [6, 6.07) is 14.4. The van der Waals surface area contributed by atoms with E-state index in [9.17, 15) is 4.79 Å². The Morgan fingerprint density at radius 3 is 2.75 bits per heavy atom. The minimum atomic E-state index is 0.0127. The van der Waals surface area contributed by atoms with Gasteiger partial charge in [0.05, 0.1) is 4.88 Å². The van der Waals surface area contributed by atoms with Gasteiger partial charge in [0.2, 0.25) is 0 Å². The molecule has 3 nitrogen and oxygen atoms in total. The van der Waals surface area contributed by atoms with Gasteiger partial charge in [-0.2, -0.15) is 0 Å². The van der Waals surface area contributed by atoms with Crippen LogP contribution in [0.2, 0.25) is 0 Å². The summed E-state index contributed by atoms with van der Waals surface area (Å²) in [4.78, 5) is 14.8. The van der Waals surface area contributed by atoms with Gasteiger partial charge < -0.3 is 10.1 Å². The molecule has 1 amide bonds. The predicted molar refractivity (Wildman–Crippen MR) is 100 cm³/mol. The Hall–Kier alpha value is -1.69. The highest BCUT2D eigenvalue weighted by Gasteiger charge is 2.35. The predicted octanol–water partition coefficient (Wildman–Crippen LogP) is 4.44. The Bertz CT molecular complexity index is 799. The van der Waals surface area contributed by atoms with Crippen molar-refractivity contribution in [3.8, 4) is 0 Å². The molecule has 1 aliphatic heterocycles. The van der Waals surface area contributed by atoms with Crippen molar-refractivity contribution in [3.05, 3.63) is 57.6 Å². The van der Waals surface area contributed by atoms with Crippen molar-refractivity contribution in [1.29, 1.82) is 0 Å². The maximum Gasteiger partial charge on any atom is 0.261 e. The van der Waals surface area contributed by atoms with Gasteiger partial charge in [-0.1, -0.05) is 24.3 Å². The van der Waals surface area contributed by atoms with Crippen molar-refractivity contribution in [3.63, 3.8) is 0 Å². The lowest BCUT2D eigenvalue weighted by molar-refractivity contribution is 0.0499. The molecule has 0 saturated carbocycles. The van der Waals surface area contributed by atoms with Gasteiger partial charge in [-0.15, -0.1) is 22.7 Å². The Labute approximate surface area is 149 Å².